The molecule has 23 heavy (non-hydrogen) atoms. The first-order valence-corrected chi connectivity index (χ1v) is 7.58. The Bertz CT molecular complexity index is 907. The molecule has 7 nitrogen and oxygen atoms in total. The van der Waals surface area contributed by atoms with E-state index in [9.17, 15) is 14.0 Å². The molecule has 0 aliphatic heterocycles. The van der Waals surface area contributed by atoms with E-state index in [-0.39, 0.29) is 17.7 Å². The molecule has 0 unspecified atom stereocenters. The molecule has 2 N–H and O–H groups in total. The van der Waals surface area contributed by atoms with Gasteiger partial charge in [0.15, 0.2) is 0 Å². The number of benzene rings is 1. The predicted octanol–water partition coefficient (Wildman–Crippen LogP) is 1.13. The van der Waals surface area contributed by atoms with E-state index in [0.717, 1.165) is 0 Å². The van der Waals surface area contributed by atoms with Crippen LogP contribution in [-0.4, -0.2) is 33.6 Å². The Hall–Kier alpha value is -2.81. The van der Waals surface area contributed by atoms with Gasteiger partial charge in [-0.3, -0.25) is 9.59 Å². The van der Waals surface area contributed by atoms with Gasteiger partial charge in [0.05, 0.1) is 5.56 Å². The molecule has 0 bridgehead atoms. The first kappa shape index (κ1) is 15.1. The average Bonchev–Trinajstić information content (AvgIpc) is 2.96. The summed E-state index contributed by atoms with van der Waals surface area (Å²) in [7, 11) is 0. The summed E-state index contributed by atoms with van der Waals surface area (Å²) in [5.41, 5.74) is -0.254. The van der Waals surface area contributed by atoms with Crippen molar-refractivity contribution in [3.63, 3.8) is 0 Å². The van der Waals surface area contributed by atoms with Gasteiger partial charge in [-0.2, -0.15) is 4.52 Å². The number of hydrogen-bond donors (Lipinski definition) is 2. The van der Waals surface area contributed by atoms with Crippen LogP contribution in [0.15, 0.2) is 41.3 Å². The van der Waals surface area contributed by atoms with Gasteiger partial charge in [-0.1, -0.05) is 23.5 Å². The molecule has 0 fully saturated rings. The van der Waals surface area contributed by atoms with Crippen molar-refractivity contribution in [2.24, 2.45) is 0 Å². The summed E-state index contributed by atoms with van der Waals surface area (Å²) < 4.78 is 14.6. The van der Waals surface area contributed by atoms with Crippen molar-refractivity contribution in [3.8, 4) is 0 Å². The van der Waals surface area contributed by atoms with Crippen molar-refractivity contribution < 1.29 is 9.18 Å². The van der Waals surface area contributed by atoms with Crippen LogP contribution in [0.4, 0.5) is 9.52 Å². The minimum absolute atomic E-state index is 0.00300. The lowest BCUT2D eigenvalue weighted by atomic mass is 10.2. The third-order valence-electron chi connectivity index (χ3n) is 2.98. The Morgan fingerprint density at radius 2 is 2.09 bits per heavy atom. The maximum atomic E-state index is 13.4. The van der Waals surface area contributed by atoms with Crippen molar-refractivity contribution in [2.45, 2.75) is 0 Å². The van der Waals surface area contributed by atoms with Crippen LogP contribution in [0.2, 0.25) is 0 Å². The Labute approximate surface area is 133 Å². The number of nitrogens with zero attached hydrogens (tertiary/aromatic N) is 3. The Balaban J connectivity index is 1.55. The van der Waals surface area contributed by atoms with E-state index in [1.807, 2.05) is 0 Å². The molecular formula is C14H12FN5O2S. The molecule has 0 saturated carbocycles. The zero-order valence-electron chi connectivity index (χ0n) is 11.8. The lowest BCUT2D eigenvalue weighted by Gasteiger charge is -2.06. The highest BCUT2D eigenvalue weighted by Crippen LogP contribution is 2.14. The van der Waals surface area contributed by atoms with Crippen molar-refractivity contribution in [3.05, 3.63) is 58.3 Å². The highest BCUT2D eigenvalue weighted by atomic mass is 32.1. The Morgan fingerprint density at radius 3 is 2.87 bits per heavy atom. The molecule has 118 valence electrons. The summed E-state index contributed by atoms with van der Waals surface area (Å²) in [5, 5.41) is 10.2. The second-order valence-corrected chi connectivity index (χ2v) is 5.50. The number of halogens is 1. The standard InChI is InChI=1S/C14H12FN5O2S/c15-10-4-2-1-3-9(10)12(22)16-7-8-17-13-19-20-11(21)5-6-18-14(20)23-13/h1-6H,7-8H2,(H,16,22)(H,17,19). The summed E-state index contributed by atoms with van der Waals surface area (Å²) in [6.45, 7) is 0.667. The molecule has 0 saturated heterocycles. The fourth-order valence-electron chi connectivity index (χ4n) is 1.90. The van der Waals surface area contributed by atoms with Gasteiger partial charge in [-0.05, 0) is 12.1 Å². The monoisotopic (exact) mass is 333 g/mol. The molecule has 0 aliphatic carbocycles. The topological polar surface area (TPSA) is 88.4 Å². The van der Waals surface area contributed by atoms with Crippen molar-refractivity contribution in [2.75, 3.05) is 18.4 Å². The number of hydrogen-bond acceptors (Lipinski definition) is 6. The molecule has 0 aliphatic rings. The van der Waals surface area contributed by atoms with E-state index < -0.39 is 11.7 Å². The predicted molar refractivity (Wildman–Crippen MR) is 84.4 cm³/mol. The third kappa shape index (κ3) is 3.34. The fourth-order valence-corrected chi connectivity index (χ4v) is 2.70. The molecule has 0 atom stereocenters. The van der Waals surface area contributed by atoms with Crippen LogP contribution < -0.4 is 16.2 Å². The van der Waals surface area contributed by atoms with Crippen LogP contribution in [0.3, 0.4) is 0 Å². The van der Waals surface area contributed by atoms with Crippen molar-refractivity contribution in [1.82, 2.24) is 19.9 Å². The van der Waals surface area contributed by atoms with Gasteiger partial charge in [0.25, 0.3) is 11.5 Å². The molecule has 0 radical (unpaired) electrons. The normalized spacial score (nSPS) is 10.7. The van der Waals surface area contributed by atoms with E-state index in [2.05, 4.69) is 20.7 Å². The number of fused-ring (bicyclic) bond motifs is 1. The fraction of sp³-hybridized carbons (Fsp3) is 0.143. The van der Waals surface area contributed by atoms with Gasteiger partial charge in [0.2, 0.25) is 10.1 Å². The summed E-state index contributed by atoms with van der Waals surface area (Å²) in [6, 6.07) is 7.10. The van der Waals surface area contributed by atoms with Gasteiger partial charge < -0.3 is 10.6 Å². The second-order valence-electron chi connectivity index (χ2n) is 4.55. The molecule has 2 heterocycles. The van der Waals surface area contributed by atoms with Gasteiger partial charge >= 0.3 is 0 Å². The van der Waals surface area contributed by atoms with E-state index in [1.165, 1.54) is 46.3 Å². The number of carbonyl (C=O) groups excluding carboxylic acids is 1. The largest absolute Gasteiger partial charge is 0.358 e. The summed E-state index contributed by atoms with van der Waals surface area (Å²) in [4.78, 5) is 27.9. The van der Waals surface area contributed by atoms with Crippen LogP contribution in [0, 0.1) is 5.82 Å². The molecule has 1 amide bonds. The smallest absolute Gasteiger partial charge is 0.275 e. The highest BCUT2D eigenvalue weighted by Gasteiger charge is 2.10. The van der Waals surface area contributed by atoms with Crippen LogP contribution >= 0.6 is 11.3 Å². The minimum Gasteiger partial charge on any atom is -0.358 e. The first-order chi connectivity index (χ1) is 11.1. The number of anilines is 1. The number of rotatable bonds is 5. The zero-order valence-corrected chi connectivity index (χ0v) is 12.6. The second kappa shape index (κ2) is 6.53. The SMILES string of the molecule is O=C(NCCNc1nn2c(=O)ccnc2s1)c1ccccc1F. The molecule has 0 spiro atoms. The van der Waals surface area contributed by atoms with Crippen LogP contribution in [0.5, 0.6) is 0 Å². The molecular weight excluding hydrogens is 321 g/mol. The van der Waals surface area contributed by atoms with Gasteiger partial charge in [0, 0.05) is 25.4 Å². The lowest BCUT2D eigenvalue weighted by molar-refractivity contribution is 0.0951. The lowest BCUT2D eigenvalue weighted by Crippen LogP contribution is -2.29. The summed E-state index contributed by atoms with van der Waals surface area (Å²) >= 11 is 1.23. The third-order valence-corrected chi connectivity index (χ3v) is 3.86. The van der Waals surface area contributed by atoms with Crippen LogP contribution in [0.25, 0.3) is 4.96 Å². The summed E-state index contributed by atoms with van der Waals surface area (Å²) in [5.74, 6) is -1.04. The highest BCUT2D eigenvalue weighted by molar-refractivity contribution is 7.20. The van der Waals surface area contributed by atoms with Crippen molar-refractivity contribution in [1.29, 1.82) is 0 Å². The van der Waals surface area contributed by atoms with Gasteiger partial charge in [-0.15, -0.1) is 5.10 Å². The Kier molecular flexibility index (Phi) is 4.29. The maximum absolute atomic E-state index is 13.4. The van der Waals surface area contributed by atoms with Gasteiger partial charge in [-0.25, -0.2) is 9.37 Å². The summed E-state index contributed by atoms with van der Waals surface area (Å²) in [6.07, 6.45) is 1.42. The number of nitrogens with one attached hydrogen (secondary N) is 2. The minimum atomic E-state index is -0.561. The first-order valence-electron chi connectivity index (χ1n) is 6.76. The number of amides is 1. The number of carbonyl (C=O) groups is 1. The molecule has 3 rings (SSSR count). The van der Waals surface area contributed by atoms with Gasteiger partial charge in [0.1, 0.15) is 5.82 Å². The van der Waals surface area contributed by atoms with E-state index >= 15 is 0 Å². The quantitative estimate of drug-likeness (QED) is 0.684. The molecule has 3 aromatic rings. The van der Waals surface area contributed by atoms with E-state index in [1.54, 1.807) is 6.07 Å². The van der Waals surface area contributed by atoms with E-state index in [0.29, 0.717) is 16.6 Å². The van der Waals surface area contributed by atoms with Crippen molar-refractivity contribution >= 4 is 27.3 Å². The molecule has 1 aromatic carbocycles. The van der Waals surface area contributed by atoms with Crippen LogP contribution in [0.1, 0.15) is 10.4 Å². The Morgan fingerprint density at radius 1 is 1.26 bits per heavy atom. The van der Waals surface area contributed by atoms with Crippen LogP contribution in [-0.2, 0) is 0 Å². The molecule has 9 heteroatoms. The van der Waals surface area contributed by atoms with E-state index in [4.69, 9.17) is 0 Å². The number of aromatic nitrogens is 3. The maximum Gasteiger partial charge on any atom is 0.275 e. The average molecular weight is 333 g/mol. The molecule has 2 aromatic heterocycles. The zero-order chi connectivity index (χ0) is 16.2.